The molecule has 0 saturated carbocycles. The number of rotatable bonds is 8. The maximum absolute atomic E-state index is 2.54. The van der Waals surface area contributed by atoms with Gasteiger partial charge in [-0.05, 0) is 109 Å². The molecule has 2 nitrogen and oxygen atoms in total. The fourth-order valence-electron chi connectivity index (χ4n) is 10.2. The van der Waals surface area contributed by atoms with E-state index in [1.807, 2.05) is 0 Å². The van der Waals surface area contributed by atoms with Crippen molar-refractivity contribution in [2.75, 3.05) is 4.90 Å². The molecule has 68 heavy (non-hydrogen) atoms. The Morgan fingerprint density at radius 1 is 0.324 bits per heavy atom. The number of anilines is 3. The van der Waals surface area contributed by atoms with E-state index in [9.17, 15) is 0 Å². The van der Waals surface area contributed by atoms with E-state index in [2.05, 4.69) is 282 Å². The summed E-state index contributed by atoms with van der Waals surface area (Å²) in [6.07, 6.45) is 0. The van der Waals surface area contributed by atoms with E-state index in [0.29, 0.717) is 0 Å². The molecule has 2 heteroatoms. The van der Waals surface area contributed by atoms with Crippen molar-refractivity contribution in [1.29, 1.82) is 0 Å². The SMILES string of the molecule is CC(C)(C)c1cc(-c2cccc3cccc(-c4ccccc4N(c4ccccc4-c4ccc(-c5ccccc5)cc4)c4cccc5c4c4ccccc4n5-c4ccccc4)c23)cc(C(C)(C)C)c1. The minimum absolute atomic E-state index is 0.0174. The van der Waals surface area contributed by atoms with Gasteiger partial charge in [-0.15, -0.1) is 0 Å². The number of hydrogen-bond donors (Lipinski definition) is 0. The van der Waals surface area contributed by atoms with Gasteiger partial charge in [-0.3, -0.25) is 0 Å². The third-order valence-corrected chi connectivity index (χ3v) is 13.7. The lowest BCUT2D eigenvalue weighted by Crippen LogP contribution is -2.16. The topological polar surface area (TPSA) is 8.17 Å². The summed E-state index contributed by atoms with van der Waals surface area (Å²) in [5.41, 5.74) is 19.0. The Balaban J connectivity index is 1.20. The molecule has 1 heterocycles. The lowest BCUT2D eigenvalue weighted by molar-refractivity contribution is 0.569. The maximum atomic E-state index is 2.54. The summed E-state index contributed by atoms with van der Waals surface area (Å²) in [4.78, 5) is 2.54. The van der Waals surface area contributed by atoms with Crippen LogP contribution in [0.2, 0.25) is 0 Å². The molecule has 10 aromatic carbocycles. The molecule has 330 valence electrons. The van der Waals surface area contributed by atoms with Gasteiger partial charge in [-0.2, -0.15) is 0 Å². The predicted octanol–water partition coefficient (Wildman–Crippen LogP) is 18.7. The molecule has 0 fully saturated rings. The molecule has 11 aromatic rings. The van der Waals surface area contributed by atoms with Crippen molar-refractivity contribution in [2.45, 2.75) is 52.4 Å². The smallest absolute Gasteiger partial charge is 0.0562 e. The first kappa shape index (κ1) is 42.7. The van der Waals surface area contributed by atoms with Crippen LogP contribution in [0.25, 0.3) is 82.8 Å². The average molecular weight is 877 g/mol. The first-order chi connectivity index (χ1) is 33.0. The van der Waals surface area contributed by atoms with E-state index in [-0.39, 0.29) is 10.8 Å². The molecule has 11 rings (SSSR count). The number of nitrogens with zero attached hydrogens (tertiary/aromatic N) is 2. The third kappa shape index (κ3) is 7.66. The van der Waals surface area contributed by atoms with Crippen molar-refractivity contribution in [3.8, 4) is 50.2 Å². The van der Waals surface area contributed by atoms with Crippen LogP contribution >= 0.6 is 0 Å². The molecule has 0 unspecified atom stereocenters. The van der Waals surface area contributed by atoms with Gasteiger partial charge in [0.1, 0.15) is 0 Å². The van der Waals surface area contributed by atoms with Gasteiger partial charge in [0.25, 0.3) is 0 Å². The Morgan fingerprint density at radius 2 is 0.809 bits per heavy atom. The fraction of sp³-hybridized carbons (Fsp3) is 0.121. The lowest BCUT2D eigenvalue weighted by Gasteiger charge is -2.31. The largest absolute Gasteiger partial charge is 0.309 e. The zero-order chi connectivity index (χ0) is 46.6. The van der Waals surface area contributed by atoms with Crippen molar-refractivity contribution >= 4 is 49.6 Å². The second-order valence-corrected chi connectivity index (χ2v) is 20.2. The molecular formula is C66H56N2. The molecule has 0 atom stereocenters. The van der Waals surface area contributed by atoms with Crippen LogP contribution in [0.4, 0.5) is 17.1 Å². The van der Waals surface area contributed by atoms with Crippen molar-refractivity contribution in [2.24, 2.45) is 0 Å². The van der Waals surface area contributed by atoms with Crippen LogP contribution < -0.4 is 4.90 Å². The van der Waals surface area contributed by atoms with E-state index < -0.39 is 0 Å². The van der Waals surface area contributed by atoms with E-state index in [0.717, 1.165) is 45.0 Å². The van der Waals surface area contributed by atoms with Gasteiger partial charge < -0.3 is 9.47 Å². The number of benzene rings is 10. The standard InChI is InChI=1S/C66H56N2/c1-65(2,3)50-42-49(43-51(44-50)66(4,5)6)54-31-19-24-48-25-20-32-56(63(48)54)55-29-14-17-34-59(55)68(58-33-16-13-28-53(58)47-40-38-46(39-41-47)45-22-9-7-10-23-45)62-37-21-36-61-64(62)57-30-15-18-35-60(57)67(61)52-26-11-8-12-27-52/h7-44H,1-6H3. The van der Waals surface area contributed by atoms with E-state index in [1.54, 1.807) is 0 Å². The van der Waals surface area contributed by atoms with Crippen molar-refractivity contribution in [3.05, 3.63) is 242 Å². The fourth-order valence-corrected chi connectivity index (χ4v) is 10.2. The molecule has 0 radical (unpaired) electrons. The Labute approximate surface area is 401 Å². The Hall–Kier alpha value is -7.94. The molecule has 0 aliphatic heterocycles. The molecular weight excluding hydrogens is 821 g/mol. The van der Waals surface area contributed by atoms with Crippen LogP contribution in [0.5, 0.6) is 0 Å². The first-order valence-electron chi connectivity index (χ1n) is 23.9. The molecule has 0 bridgehead atoms. The molecule has 0 aliphatic carbocycles. The van der Waals surface area contributed by atoms with Gasteiger partial charge in [0.15, 0.2) is 0 Å². The first-order valence-corrected chi connectivity index (χ1v) is 23.9. The van der Waals surface area contributed by atoms with Crippen molar-refractivity contribution in [3.63, 3.8) is 0 Å². The number of para-hydroxylation sites is 4. The Bertz CT molecular complexity index is 3580. The molecule has 0 saturated heterocycles. The summed E-state index contributed by atoms with van der Waals surface area (Å²) in [6, 6.07) is 85.1. The molecule has 0 N–H and O–H groups in total. The predicted molar refractivity (Wildman–Crippen MR) is 292 cm³/mol. The summed E-state index contributed by atoms with van der Waals surface area (Å²) in [7, 11) is 0. The Morgan fingerprint density at radius 3 is 1.49 bits per heavy atom. The van der Waals surface area contributed by atoms with Crippen LogP contribution in [0, 0.1) is 0 Å². The van der Waals surface area contributed by atoms with Crippen LogP contribution in [-0.2, 0) is 10.8 Å². The van der Waals surface area contributed by atoms with Crippen LogP contribution in [-0.4, -0.2) is 4.57 Å². The highest BCUT2D eigenvalue weighted by atomic mass is 15.2. The van der Waals surface area contributed by atoms with Gasteiger partial charge in [-0.25, -0.2) is 0 Å². The van der Waals surface area contributed by atoms with Crippen molar-refractivity contribution in [1.82, 2.24) is 4.57 Å². The van der Waals surface area contributed by atoms with E-state index in [1.165, 1.54) is 66.0 Å². The van der Waals surface area contributed by atoms with Gasteiger partial charge in [0.2, 0.25) is 0 Å². The summed E-state index contributed by atoms with van der Waals surface area (Å²) in [5, 5.41) is 4.86. The van der Waals surface area contributed by atoms with Gasteiger partial charge in [-0.1, -0.05) is 230 Å². The third-order valence-electron chi connectivity index (χ3n) is 13.7. The van der Waals surface area contributed by atoms with E-state index in [4.69, 9.17) is 0 Å². The maximum Gasteiger partial charge on any atom is 0.0562 e. The highest BCUT2D eigenvalue weighted by Gasteiger charge is 2.27. The molecule has 0 amide bonds. The zero-order valence-electron chi connectivity index (χ0n) is 39.8. The lowest BCUT2D eigenvalue weighted by atomic mass is 9.78. The van der Waals surface area contributed by atoms with Gasteiger partial charge in [0, 0.05) is 27.6 Å². The van der Waals surface area contributed by atoms with E-state index >= 15 is 0 Å². The Kier molecular flexibility index (Phi) is 10.7. The monoisotopic (exact) mass is 876 g/mol. The van der Waals surface area contributed by atoms with Crippen LogP contribution in [0.1, 0.15) is 52.7 Å². The highest BCUT2D eigenvalue weighted by molar-refractivity contribution is 6.18. The van der Waals surface area contributed by atoms with Crippen LogP contribution in [0.15, 0.2) is 231 Å². The minimum Gasteiger partial charge on any atom is -0.309 e. The van der Waals surface area contributed by atoms with Gasteiger partial charge in [0.05, 0.1) is 28.1 Å². The summed E-state index contributed by atoms with van der Waals surface area (Å²) in [6.45, 7) is 13.9. The average Bonchev–Trinajstić information content (AvgIpc) is 3.71. The normalized spacial score (nSPS) is 12.0. The number of fused-ring (bicyclic) bond motifs is 4. The number of aromatic nitrogens is 1. The highest BCUT2D eigenvalue weighted by Crippen LogP contribution is 2.50. The summed E-state index contributed by atoms with van der Waals surface area (Å²) >= 11 is 0. The molecule has 1 aromatic heterocycles. The van der Waals surface area contributed by atoms with Crippen molar-refractivity contribution < 1.29 is 0 Å². The summed E-state index contributed by atoms with van der Waals surface area (Å²) < 4.78 is 2.42. The van der Waals surface area contributed by atoms with Gasteiger partial charge >= 0.3 is 0 Å². The quantitative estimate of drug-likeness (QED) is 0.148. The molecule has 0 aliphatic rings. The second-order valence-electron chi connectivity index (χ2n) is 20.2. The number of hydrogen-bond acceptors (Lipinski definition) is 1. The second kappa shape index (κ2) is 17.0. The minimum atomic E-state index is -0.0174. The molecule has 0 spiro atoms. The summed E-state index contributed by atoms with van der Waals surface area (Å²) in [5.74, 6) is 0. The zero-order valence-corrected chi connectivity index (χ0v) is 39.8. The van der Waals surface area contributed by atoms with Crippen LogP contribution in [0.3, 0.4) is 0 Å².